The maximum absolute atomic E-state index is 14.4. The van der Waals surface area contributed by atoms with Crippen LogP contribution in [0.25, 0.3) is 0 Å². The molecule has 1 saturated heterocycles. The van der Waals surface area contributed by atoms with Crippen LogP contribution in [0.5, 0.6) is 11.5 Å². The molecule has 0 bridgehead atoms. The van der Waals surface area contributed by atoms with E-state index in [1.54, 1.807) is 7.05 Å². The first kappa shape index (κ1) is 31.6. The van der Waals surface area contributed by atoms with Crippen molar-refractivity contribution in [1.29, 1.82) is 0 Å². The SMILES string of the molecule is COc1c(F)cc(CN2CCN(C3(C(=O)N(C)Cc4cc(F)c(OC)c(F)c4)Cc4ccccc4C3)CC2)cc1F.Cl. The molecule has 0 spiro atoms. The van der Waals surface area contributed by atoms with Crippen LogP contribution in [0.1, 0.15) is 22.3 Å². The topological polar surface area (TPSA) is 45.2 Å². The first-order chi connectivity index (χ1) is 19.6. The molecule has 0 saturated carbocycles. The number of halogens is 5. The third-order valence-electron chi connectivity index (χ3n) is 8.16. The average molecular weight is 608 g/mol. The Kier molecular flexibility index (Phi) is 9.70. The molecule has 0 atom stereocenters. The van der Waals surface area contributed by atoms with E-state index >= 15 is 0 Å². The summed E-state index contributed by atoms with van der Waals surface area (Å²) in [4.78, 5) is 20.0. The van der Waals surface area contributed by atoms with Gasteiger partial charge in [-0.15, -0.1) is 12.4 Å². The number of piperazine rings is 1. The zero-order valence-electron chi connectivity index (χ0n) is 23.8. The number of nitrogens with zero attached hydrogens (tertiary/aromatic N) is 3. The van der Waals surface area contributed by atoms with E-state index < -0.39 is 40.3 Å². The second-order valence-electron chi connectivity index (χ2n) is 10.8. The number of carbonyl (C=O) groups is 1. The second-order valence-corrected chi connectivity index (χ2v) is 10.8. The van der Waals surface area contributed by atoms with Gasteiger partial charge < -0.3 is 14.4 Å². The van der Waals surface area contributed by atoms with Crippen LogP contribution < -0.4 is 9.47 Å². The maximum atomic E-state index is 14.4. The number of hydrogen-bond donors (Lipinski definition) is 0. The lowest BCUT2D eigenvalue weighted by molar-refractivity contribution is -0.145. The zero-order chi connectivity index (χ0) is 29.3. The Morgan fingerprint density at radius 3 is 1.71 bits per heavy atom. The summed E-state index contributed by atoms with van der Waals surface area (Å²) in [6, 6.07) is 12.9. The Morgan fingerprint density at radius 2 is 1.26 bits per heavy atom. The molecule has 1 aliphatic heterocycles. The molecule has 11 heteroatoms. The van der Waals surface area contributed by atoms with Gasteiger partial charge in [-0.1, -0.05) is 24.3 Å². The predicted octanol–water partition coefficient (Wildman–Crippen LogP) is 5.00. The van der Waals surface area contributed by atoms with Gasteiger partial charge in [0.2, 0.25) is 5.91 Å². The number of ether oxygens (including phenoxy) is 2. The van der Waals surface area contributed by atoms with E-state index in [9.17, 15) is 22.4 Å². The molecule has 3 aromatic rings. The van der Waals surface area contributed by atoms with E-state index in [2.05, 4.69) is 9.80 Å². The summed E-state index contributed by atoms with van der Waals surface area (Å²) in [7, 11) is 4.08. The summed E-state index contributed by atoms with van der Waals surface area (Å²) in [6.07, 6.45) is 1.04. The molecule has 5 rings (SSSR count). The largest absolute Gasteiger partial charge is 0.491 e. The van der Waals surface area contributed by atoms with E-state index in [4.69, 9.17) is 9.47 Å². The highest BCUT2D eigenvalue weighted by atomic mass is 35.5. The van der Waals surface area contributed by atoms with E-state index in [1.807, 2.05) is 24.3 Å². The quantitative estimate of drug-likeness (QED) is 0.338. The third kappa shape index (κ3) is 6.07. The van der Waals surface area contributed by atoms with E-state index in [0.29, 0.717) is 56.7 Å². The first-order valence-electron chi connectivity index (χ1n) is 13.5. The summed E-state index contributed by atoms with van der Waals surface area (Å²) in [5, 5.41) is 0. The molecule has 0 unspecified atom stereocenters. The van der Waals surface area contributed by atoms with Crippen molar-refractivity contribution in [3.05, 3.63) is 94.1 Å². The standard InChI is InChI=1S/C31H33F4N3O3.ClH/c1-36(18-20-12-24(32)28(40-2)25(33)13-20)30(39)31(16-22-6-4-5-7-23(22)17-31)38-10-8-37(9-11-38)19-21-14-26(34)29(41-3)27(35)15-21;/h4-7,12-15H,8-11,16-19H2,1-3H3;1H. The third-order valence-corrected chi connectivity index (χ3v) is 8.16. The molecule has 226 valence electrons. The minimum Gasteiger partial charge on any atom is -0.491 e. The molecule has 2 aliphatic rings. The fourth-order valence-corrected chi connectivity index (χ4v) is 6.20. The number of hydrogen-bond acceptors (Lipinski definition) is 5. The van der Waals surface area contributed by atoms with Gasteiger partial charge in [-0.3, -0.25) is 14.6 Å². The van der Waals surface area contributed by atoms with Crippen LogP contribution in [0, 0.1) is 23.3 Å². The van der Waals surface area contributed by atoms with Gasteiger partial charge in [0, 0.05) is 59.2 Å². The van der Waals surface area contributed by atoms with Crippen LogP contribution in [-0.2, 0) is 30.7 Å². The highest BCUT2D eigenvalue weighted by Crippen LogP contribution is 2.37. The predicted molar refractivity (Wildman–Crippen MR) is 153 cm³/mol. The van der Waals surface area contributed by atoms with Gasteiger partial charge in [0.15, 0.2) is 34.8 Å². The van der Waals surface area contributed by atoms with Crippen molar-refractivity contribution >= 4 is 18.3 Å². The van der Waals surface area contributed by atoms with Gasteiger partial charge in [0.1, 0.15) is 5.54 Å². The number of methoxy groups -OCH3 is 2. The van der Waals surface area contributed by atoms with Crippen LogP contribution in [0.2, 0.25) is 0 Å². The summed E-state index contributed by atoms with van der Waals surface area (Å²) >= 11 is 0. The summed E-state index contributed by atoms with van der Waals surface area (Å²) in [5.41, 5.74) is 2.18. The molecule has 0 N–H and O–H groups in total. The average Bonchev–Trinajstić information content (AvgIpc) is 3.33. The number of likely N-dealkylation sites (N-methyl/N-ethyl adjacent to an activating group) is 1. The normalized spacial score (nSPS) is 16.5. The highest BCUT2D eigenvalue weighted by molar-refractivity contribution is 5.88. The van der Waals surface area contributed by atoms with Crippen molar-refractivity contribution in [3.63, 3.8) is 0 Å². The van der Waals surface area contributed by atoms with Crippen molar-refractivity contribution in [1.82, 2.24) is 14.7 Å². The number of benzene rings is 3. The Hall–Kier alpha value is -3.34. The van der Waals surface area contributed by atoms with Gasteiger partial charge in [-0.05, 0) is 46.5 Å². The van der Waals surface area contributed by atoms with Crippen molar-refractivity contribution in [2.24, 2.45) is 0 Å². The lowest BCUT2D eigenvalue weighted by Gasteiger charge is -2.46. The molecule has 1 aliphatic carbocycles. The molecule has 1 amide bonds. The lowest BCUT2D eigenvalue weighted by Crippen LogP contribution is -2.64. The molecule has 1 heterocycles. The van der Waals surface area contributed by atoms with Crippen molar-refractivity contribution < 1.29 is 31.8 Å². The molecule has 1 fully saturated rings. The Bertz CT molecular complexity index is 1380. The van der Waals surface area contributed by atoms with E-state index in [1.165, 1.54) is 43.4 Å². The van der Waals surface area contributed by atoms with Gasteiger partial charge in [0.25, 0.3) is 0 Å². The molecule has 42 heavy (non-hydrogen) atoms. The smallest absolute Gasteiger partial charge is 0.243 e. The van der Waals surface area contributed by atoms with E-state index in [0.717, 1.165) is 11.1 Å². The van der Waals surface area contributed by atoms with Crippen LogP contribution in [0.4, 0.5) is 17.6 Å². The van der Waals surface area contributed by atoms with Crippen LogP contribution in [-0.4, -0.2) is 73.6 Å². The zero-order valence-corrected chi connectivity index (χ0v) is 24.6. The first-order valence-corrected chi connectivity index (χ1v) is 13.5. The molecule has 6 nitrogen and oxygen atoms in total. The molecule has 3 aromatic carbocycles. The summed E-state index contributed by atoms with van der Waals surface area (Å²) in [6.45, 7) is 2.73. The number of carbonyl (C=O) groups excluding carboxylic acids is 1. The van der Waals surface area contributed by atoms with E-state index in [-0.39, 0.29) is 24.9 Å². The molecular formula is C31H34ClF4N3O3. The second kappa shape index (κ2) is 12.9. The van der Waals surface area contributed by atoms with Gasteiger partial charge in [0.05, 0.1) is 14.2 Å². The molecule has 0 aromatic heterocycles. The van der Waals surface area contributed by atoms with Crippen molar-refractivity contribution in [3.8, 4) is 11.5 Å². The van der Waals surface area contributed by atoms with Crippen molar-refractivity contribution in [2.45, 2.75) is 31.5 Å². The maximum Gasteiger partial charge on any atom is 0.243 e. The van der Waals surface area contributed by atoms with Crippen LogP contribution in [0.3, 0.4) is 0 Å². The summed E-state index contributed by atoms with van der Waals surface area (Å²) < 4.78 is 66.7. The van der Waals surface area contributed by atoms with Gasteiger partial charge >= 0.3 is 0 Å². The Labute approximate surface area is 249 Å². The van der Waals surface area contributed by atoms with Crippen molar-refractivity contribution in [2.75, 3.05) is 47.4 Å². The van der Waals surface area contributed by atoms with Crippen LogP contribution in [0.15, 0.2) is 48.5 Å². The fourth-order valence-electron chi connectivity index (χ4n) is 6.20. The number of fused-ring (bicyclic) bond motifs is 1. The minimum atomic E-state index is -0.855. The lowest BCUT2D eigenvalue weighted by atomic mass is 9.90. The van der Waals surface area contributed by atoms with Gasteiger partial charge in [-0.25, -0.2) is 17.6 Å². The number of amides is 1. The Balaban J connectivity index is 0.00000405. The number of rotatable bonds is 8. The minimum absolute atomic E-state index is 0. The van der Waals surface area contributed by atoms with Gasteiger partial charge in [-0.2, -0.15) is 0 Å². The summed E-state index contributed by atoms with van der Waals surface area (Å²) in [5.74, 6) is -4.10. The monoisotopic (exact) mass is 607 g/mol. The van der Waals surface area contributed by atoms with Crippen LogP contribution >= 0.6 is 12.4 Å². The molecule has 0 radical (unpaired) electrons. The molecular weight excluding hydrogens is 574 g/mol. The highest BCUT2D eigenvalue weighted by Gasteiger charge is 2.50. The fraction of sp³-hybridized carbons (Fsp3) is 0.387. The Morgan fingerprint density at radius 1 is 0.810 bits per heavy atom.